The Kier molecular flexibility index (Phi) is 5.02. The molecule has 1 atom stereocenters. The maximum Gasteiger partial charge on any atom is 0.142 e. The quantitative estimate of drug-likeness (QED) is 0.900. The zero-order valence-electron chi connectivity index (χ0n) is 13.2. The van der Waals surface area contributed by atoms with Gasteiger partial charge >= 0.3 is 0 Å². The van der Waals surface area contributed by atoms with Gasteiger partial charge in [-0.05, 0) is 17.5 Å². The van der Waals surface area contributed by atoms with E-state index in [1.54, 1.807) is 13.2 Å². The van der Waals surface area contributed by atoms with Gasteiger partial charge < -0.3 is 15.2 Å². The maximum atomic E-state index is 10.5. The Hall–Kier alpha value is -0.970. The van der Waals surface area contributed by atoms with Crippen LogP contribution < -0.4 is 10.1 Å². The van der Waals surface area contributed by atoms with Crippen molar-refractivity contribution in [3.05, 3.63) is 22.7 Å². The topological polar surface area (TPSA) is 44.7 Å². The van der Waals surface area contributed by atoms with Gasteiger partial charge in [0.05, 0.1) is 17.7 Å². The number of benzene rings is 1. The van der Waals surface area contributed by atoms with Crippen molar-refractivity contribution in [2.45, 2.75) is 26.8 Å². The molecule has 0 aliphatic carbocycles. The molecule has 0 spiro atoms. The van der Waals surface area contributed by atoms with Gasteiger partial charge in [0.15, 0.2) is 0 Å². The van der Waals surface area contributed by atoms with Gasteiger partial charge in [0.25, 0.3) is 0 Å². The van der Waals surface area contributed by atoms with Crippen LogP contribution in [-0.2, 0) is 0 Å². The third-order valence-corrected chi connectivity index (χ3v) is 4.26. The molecule has 1 fully saturated rings. The van der Waals surface area contributed by atoms with Crippen LogP contribution in [0.2, 0.25) is 5.02 Å². The smallest absolute Gasteiger partial charge is 0.142 e. The first-order chi connectivity index (χ1) is 9.86. The molecule has 0 radical (unpaired) electrons. The molecule has 1 aromatic rings. The van der Waals surface area contributed by atoms with Gasteiger partial charge in [-0.15, -0.1) is 0 Å². The first-order valence-corrected chi connectivity index (χ1v) is 7.74. The SMILES string of the molecule is COc1ccc(Cl)c(O)c1[C@H](N1CCNCC1)C(C)(C)C. The minimum atomic E-state index is -0.0488. The standard InChI is InChI=1S/C16H25ClN2O2/c1-16(2,3)15(19-9-7-18-8-10-19)13-12(21-4)6-5-11(17)14(13)20/h5-6,15,18,20H,7-10H2,1-4H3/t15-/m0/s1. The number of aromatic hydroxyl groups is 1. The van der Waals surface area contributed by atoms with Crippen LogP contribution in [0, 0.1) is 5.41 Å². The summed E-state index contributed by atoms with van der Waals surface area (Å²) < 4.78 is 5.49. The molecule has 1 aromatic carbocycles. The number of hydrogen-bond donors (Lipinski definition) is 2. The number of halogens is 1. The molecular weight excluding hydrogens is 288 g/mol. The Morgan fingerprint density at radius 3 is 2.43 bits per heavy atom. The second-order valence-corrected chi connectivity index (χ2v) is 6.97. The zero-order chi connectivity index (χ0) is 15.6. The highest BCUT2D eigenvalue weighted by Crippen LogP contribution is 2.48. The molecule has 5 heteroatoms. The maximum absolute atomic E-state index is 10.5. The Morgan fingerprint density at radius 2 is 1.90 bits per heavy atom. The number of methoxy groups -OCH3 is 1. The molecule has 1 aliphatic heterocycles. The van der Waals surface area contributed by atoms with Crippen molar-refractivity contribution in [3.63, 3.8) is 0 Å². The Morgan fingerprint density at radius 1 is 1.29 bits per heavy atom. The van der Waals surface area contributed by atoms with E-state index < -0.39 is 0 Å². The lowest BCUT2D eigenvalue weighted by Crippen LogP contribution is -2.48. The van der Waals surface area contributed by atoms with Gasteiger partial charge in [-0.1, -0.05) is 32.4 Å². The Balaban J connectivity index is 2.53. The van der Waals surface area contributed by atoms with Crippen LogP contribution in [0.15, 0.2) is 12.1 Å². The summed E-state index contributed by atoms with van der Waals surface area (Å²) >= 11 is 6.14. The van der Waals surface area contributed by atoms with Crippen LogP contribution in [0.5, 0.6) is 11.5 Å². The largest absolute Gasteiger partial charge is 0.506 e. The first kappa shape index (κ1) is 16.4. The number of hydrogen-bond acceptors (Lipinski definition) is 4. The van der Waals surface area contributed by atoms with Crippen molar-refractivity contribution in [2.75, 3.05) is 33.3 Å². The van der Waals surface area contributed by atoms with E-state index in [1.165, 1.54) is 0 Å². The highest BCUT2D eigenvalue weighted by Gasteiger charge is 2.36. The summed E-state index contributed by atoms with van der Waals surface area (Å²) in [6, 6.07) is 3.56. The molecule has 2 rings (SSSR count). The predicted octanol–water partition coefficient (Wildman–Crippen LogP) is 3.05. The van der Waals surface area contributed by atoms with Crippen molar-refractivity contribution in [2.24, 2.45) is 5.41 Å². The minimum absolute atomic E-state index is 0.0488. The van der Waals surface area contributed by atoms with Gasteiger partial charge in [0.1, 0.15) is 11.5 Å². The summed E-state index contributed by atoms with van der Waals surface area (Å²) in [6.45, 7) is 10.3. The lowest BCUT2D eigenvalue weighted by molar-refractivity contribution is 0.0821. The summed E-state index contributed by atoms with van der Waals surface area (Å²) in [4.78, 5) is 2.39. The molecule has 0 saturated carbocycles. The lowest BCUT2D eigenvalue weighted by atomic mass is 9.80. The van der Waals surface area contributed by atoms with E-state index in [1.807, 2.05) is 6.07 Å². The van der Waals surface area contributed by atoms with Crippen LogP contribution in [0.4, 0.5) is 0 Å². The number of phenolic OH excluding ortho intramolecular Hbond substituents is 1. The van der Waals surface area contributed by atoms with Crippen molar-refractivity contribution < 1.29 is 9.84 Å². The molecule has 0 aromatic heterocycles. The monoisotopic (exact) mass is 312 g/mol. The number of ether oxygens (including phenoxy) is 1. The van der Waals surface area contributed by atoms with E-state index in [0.717, 1.165) is 31.7 Å². The average Bonchev–Trinajstić information content (AvgIpc) is 2.44. The number of nitrogens with zero attached hydrogens (tertiary/aromatic N) is 1. The van der Waals surface area contributed by atoms with Gasteiger partial charge in [0, 0.05) is 32.2 Å². The summed E-state index contributed by atoms with van der Waals surface area (Å²) in [5.74, 6) is 0.824. The number of nitrogens with one attached hydrogen (secondary N) is 1. The normalized spacial score (nSPS) is 18.5. The van der Waals surface area contributed by atoms with Gasteiger partial charge in [-0.3, -0.25) is 4.90 Å². The molecule has 0 bridgehead atoms. The van der Waals surface area contributed by atoms with Gasteiger partial charge in [-0.2, -0.15) is 0 Å². The number of phenols is 1. The lowest BCUT2D eigenvalue weighted by Gasteiger charge is -2.43. The second kappa shape index (κ2) is 6.42. The molecule has 2 N–H and O–H groups in total. The average molecular weight is 313 g/mol. The molecule has 1 saturated heterocycles. The summed E-state index contributed by atoms with van der Waals surface area (Å²) in [7, 11) is 1.63. The fraction of sp³-hybridized carbons (Fsp3) is 0.625. The molecule has 1 heterocycles. The third-order valence-electron chi connectivity index (χ3n) is 3.96. The zero-order valence-corrected chi connectivity index (χ0v) is 14.0. The second-order valence-electron chi connectivity index (χ2n) is 6.57. The van der Waals surface area contributed by atoms with Crippen LogP contribution in [0.3, 0.4) is 0 Å². The van der Waals surface area contributed by atoms with E-state index in [2.05, 4.69) is 31.0 Å². The van der Waals surface area contributed by atoms with E-state index in [9.17, 15) is 5.11 Å². The van der Waals surface area contributed by atoms with Crippen molar-refractivity contribution in [3.8, 4) is 11.5 Å². The molecule has 0 unspecified atom stereocenters. The van der Waals surface area contributed by atoms with Gasteiger partial charge in [0.2, 0.25) is 0 Å². The summed E-state index contributed by atoms with van der Waals surface area (Å²) in [5.41, 5.74) is 0.742. The van der Waals surface area contributed by atoms with E-state index in [0.29, 0.717) is 10.8 Å². The van der Waals surface area contributed by atoms with E-state index >= 15 is 0 Å². The van der Waals surface area contributed by atoms with Gasteiger partial charge in [-0.25, -0.2) is 0 Å². The van der Waals surface area contributed by atoms with Crippen molar-refractivity contribution >= 4 is 11.6 Å². The number of rotatable bonds is 3. The van der Waals surface area contributed by atoms with Crippen LogP contribution in [0.25, 0.3) is 0 Å². The minimum Gasteiger partial charge on any atom is -0.506 e. The highest BCUT2D eigenvalue weighted by atomic mass is 35.5. The Bertz CT molecular complexity index is 494. The molecule has 4 nitrogen and oxygen atoms in total. The van der Waals surface area contributed by atoms with Crippen molar-refractivity contribution in [1.82, 2.24) is 10.2 Å². The predicted molar refractivity (Wildman–Crippen MR) is 86.3 cm³/mol. The Labute approximate surface area is 132 Å². The molecule has 1 aliphatic rings. The molecule has 21 heavy (non-hydrogen) atoms. The van der Waals surface area contributed by atoms with Crippen LogP contribution in [0.1, 0.15) is 32.4 Å². The highest BCUT2D eigenvalue weighted by molar-refractivity contribution is 6.32. The van der Waals surface area contributed by atoms with Crippen molar-refractivity contribution in [1.29, 1.82) is 0 Å². The summed E-state index contributed by atoms with van der Waals surface area (Å²) in [6.07, 6.45) is 0. The molecule has 118 valence electrons. The van der Waals surface area contributed by atoms with E-state index in [4.69, 9.17) is 16.3 Å². The fourth-order valence-corrected chi connectivity index (χ4v) is 3.27. The van der Waals surface area contributed by atoms with E-state index in [-0.39, 0.29) is 17.2 Å². The third kappa shape index (κ3) is 3.44. The number of piperazine rings is 1. The first-order valence-electron chi connectivity index (χ1n) is 7.36. The fourth-order valence-electron chi connectivity index (χ4n) is 3.11. The summed E-state index contributed by atoms with van der Waals surface area (Å²) in [5, 5.41) is 14.3. The van der Waals surface area contributed by atoms with Crippen LogP contribution >= 0.6 is 11.6 Å². The molecule has 0 amide bonds. The van der Waals surface area contributed by atoms with Crippen LogP contribution in [-0.4, -0.2) is 43.3 Å². The molecular formula is C16H25ClN2O2.